The molecule has 0 unspecified atom stereocenters. The minimum absolute atomic E-state index is 0.629. The van der Waals surface area contributed by atoms with Gasteiger partial charge in [-0.3, -0.25) is 0 Å². The predicted octanol–water partition coefficient (Wildman–Crippen LogP) is 3.06. The molecule has 0 aliphatic carbocycles. The lowest BCUT2D eigenvalue weighted by molar-refractivity contribution is 0.0203. The summed E-state index contributed by atoms with van der Waals surface area (Å²) in [7, 11) is 0. The molecule has 0 atom stereocenters. The van der Waals surface area contributed by atoms with E-state index in [9.17, 15) is 0 Å². The second kappa shape index (κ2) is 10.9. The molecule has 0 radical (unpaired) electrons. The number of aromatic amines is 1. The lowest BCUT2D eigenvalue weighted by Gasteiger charge is -2.21. The van der Waals surface area contributed by atoms with Crippen LogP contribution >= 0.6 is 0 Å². The molecule has 1 fully saturated rings. The van der Waals surface area contributed by atoms with E-state index in [1.54, 1.807) is 0 Å². The van der Waals surface area contributed by atoms with Crippen LogP contribution in [0.2, 0.25) is 0 Å². The van der Waals surface area contributed by atoms with Crippen LogP contribution in [-0.4, -0.2) is 50.5 Å². The number of aliphatic imine (C=N–C) groups is 1. The average molecular weight is 373 g/mol. The topological polar surface area (TPSA) is 70.7 Å². The number of guanidine groups is 1. The SMILES string of the molecule is CCNC(=NCc1cc2ccccc2[nH]1)NCCCOCC1CCOCC1. The highest BCUT2D eigenvalue weighted by atomic mass is 16.5. The summed E-state index contributed by atoms with van der Waals surface area (Å²) in [5.74, 6) is 1.52. The molecule has 1 aliphatic rings. The Morgan fingerprint density at radius 2 is 2.11 bits per heavy atom. The molecule has 148 valence electrons. The maximum atomic E-state index is 5.82. The van der Waals surface area contributed by atoms with Crippen LogP contribution in [0, 0.1) is 5.92 Å². The van der Waals surface area contributed by atoms with E-state index in [2.05, 4.69) is 51.8 Å². The molecule has 3 rings (SSSR count). The number of rotatable bonds is 9. The van der Waals surface area contributed by atoms with Crippen LogP contribution in [-0.2, 0) is 16.0 Å². The molecule has 0 amide bonds. The fraction of sp³-hybridized carbons (Fsp3) is 0.571. The van der Waals surface area contributed by atoms with Crippen LogP contribution in [0.4, 0.5) is 0 Å². The number of aromatic nitrogens is 1. The Morgan fingerprint density at radius 3 is 2.93 bits per heavy atom. The van der Waals surface area contributed by atoms with Gasteiger partial charge in [0.15, 0.2) is 5.96 Å². The number of nitrogens with one attached hydrogen (secondary N) is 3. The van der Waals surface area contributed by atoms with E-state index in [0.29, 0.717) is 12.5 Å². The van der Waals surface area contributed by atoms with Gasteiger partial charge in [0.25, 0.3) is 0 Å². The quantitative estimate of drug-likeness (QED) is 0.359. The summed E-state index contributed by atoms with van der Waals surface area (Å²) in [6, 6.07) is 10.5. The molecule has 1 aromatic heterocycles. The van der Waals surface area contributed by atoms with Gasteiger partial charge in [0.05, 0.1) is 6.54 Å². The van der Waals surface area contributed by atoms with Gasteiger partial charge in [0.1, 0.15) is 0 Å². The van der Waals surface area contributed by atoms with Crippen molar-refractivity contribution >= 4 is 16.9 Å². The first-order valence-electron chi connectivity index (χ1n) is 10.1. The number of H-pyrrole nitrogens is 1. The van der Waals surface area contributed by atoms with Gasteiger partial charge < -0.3 is 25.1 Å². The first kappa shape index (κ1) is 19.7. The molecule has 0 bridgehead atoms. The first-order chi connectivity index (χ1) is 13.3. The van der Waals surface area contributed by atoms with Crippen molar-refractivity contribution in [2.24, 2.45) is 10.9 Å². The number of hydrogen-bond donors (Lipinski definition) is 3. The van der Waals surface area contributed by atoms with Crippen molar-refractivity contribution < 1.29 is 9.47 Å². The molecule has 3 N–H and O–H groups in total. The predicted molar refractivity (Wildman–Crippen MR) is 110 cm³/mol. The highest BCUT2D eigenvalue weighted by Gasteiger charge is 2.13. The molecule has 1 aromatic carbocycles. The molecule has 0 spiro atoms. The van der Waals surface area contributed by atoms with Crippen molar-refractivity contribution in [1.29, 1.82) is 0 Å². The first-order valence-corrected chi connectivity index (χ1v) is 10.1. The third-order valence-corrected chi connectivity index (χ3v) is 4.79. The zero-order chi connectivity index (χ0) is 18.7. The lowest BCUT2D eigenvalue weighted by Crippen LogP contribution is -2.38. The van der Waals surface area contributed by atoms with E-state index >= 15 is 0 Å². The average Bonchev–Trinajstić information content (AvgIpc) is 3.12. The Hall–Kier alpha value is -2.05. The van der Waals surface area contributed by atoms with Crippen molar-refractivity contribution in [2.75, 3.05) is 39.5 Å². The standard InChI is InChI=1S/C21H32N4O2/c1-2-22-21(23-10-5-11-27-16-17-8-12-26-13-9-17)24-15-19-14-18-6-3-4-7-20(18)25-19/h3-4,6-7,14,17,25H,2,5,8-13,15-16H2,1H3,(H2,22,23,24). The van der Waals surface area contributed by atoms with Crippen LogP contribution in [0.25, 0.3) is 10.9 Å². The smallest absolute Gasteiger partial charge is 0.191 e. The Balaban J connectivity index is 1.37. The second-order valence-corrected chi connectivity index (χ2v) is 6.99. The van der Waals surface area contributed by atoms with E-state index in [-0.39, 0.29) is 0 Å². The maximum Gasteiger partial charge on any atom is 0.191 e. The molecule has 1 saturated heterocycles. The zero-order valence-electron chi connectivity index (χ0n) is 16.3. The van der Waals surface area contributed by atoms with E-state index in [4.69, 9.17) is 9.47 Å². The fourth-order valence-electron chi connectivity index (χ4n) is 3.27. The summed E-state index contributed by atoms with van der Waals surface area (Å²) in [5.41, 5.74) is 2.27. The summed E-state index contributed by atoms with van der Waals surface area (Å²) in [5, 5.41) is 7.91. The molecule has 0 saturated carbocycles. The van der Waals surface area contributed by atoms with Gasteiger partial charge in [-0.15, -0.1) is 0 Å². The molecule has 1 aliphatic heterocycles. The van der Waals surface area contributed by atoms with Gasteiger partial charge in [-0.05, 0) is 49.6 Å². The summed E-state index contributed by atoms with van der Waals surface area (Å²) in [4.78, 5) is 8.10. The number of para-hydroxylation sites is 1. The Morgan fingerprint density at radius 1 is 1.26 bits per heavy atom. The Bertz CT molecular complexity index is 674. The number of hydrogen-bond acceptors (Lipinski definition) is 3. The maximum absolute atomic E-state index is 5.82. The van der Waals surface area contributed by atoms with Crippen LogP contribution in [0.15, 0.2) is 35.3 Å². The van der Waals surface area contributed by atoms with Crippen molar-refractivity contribution in [1.82, 2.24) is 15.6 Å². The number of fused-ring (bicyclic) bond motifs is 1. The highest BCUT2D eigenvalue weighted by Crippen LogP contribution is 2.15. The van der Waals surface area contributed by atoms with E-state index in [1.807, 2.05) is 6.07 Å². The zero-order valence-corrected chi connectivity index (χ0v) is 16.3. The van der Waals surface area contributed by atoms with Gasteiger partial charge in [-0.2, -0.15) is 0 Å². The minimum atomic E-state index is 0.629. The van der Waals surface area contributed by atoms with Gasteiger partial charge >= 0.3 is 0 Å². The van der Waals surface area contributed by atoms with Gasteiger partial charge in [0, 0.05) is 50.7 Å². The fourth-order valence-corrected chi connectivity index (χ4v) is 3.27. The number of ether oxygens (including phenoxy) is 2. The Labute approximate surface area is 161 Å². The van der Waals surface area contributed by atoms with E-state index in [1.165, 1.54) is 5.39 Å². The second-order valence-electron chi connectivity index (χ2n) is 6.99. The van der Waals surface area contributed by atoms with Crippen molar-refractivity contribution in [3.63, 3.8) is 0 Å². The van der Waals surface area contributed by atoms with Crippen LogP contribution < -0.4 is 10.6 Å². The van der Waals surface area contributed by atoms with E-state index < -0.39 is 0 Å². The third-order valence-electron chi connectivity index (χ3n) is 4.79. The summed E-state index contributed by atoms with van der Waals surface area (Å²) < 4.78 is 11.2. The molecular formula is C21H32N4O2. The molecule has 2 aromatic rings. The van der Waals surface area contributed by atoms with Crippen LogP contribution in [0.3, 0.4) is 0 Å². The molecule has 6 heteroatoms. The lowest BCUT2D eigenvalue weighted by atomic mass is 10.0. The number of nitrogens with zero attached hydrogens (tertiary/aromatic N) is 1. The van der Waals surface area contributed by atoms with Gasteiger partial charge in [-0.25, -0.2) is 4.99 Å². The van der Waals surface area contributed by atoms with Crippen LogP contribution in [0.5, 0.6) is 0 Å². The summed E-state index contributed by atoms with van der Waals surface area (Å²) in [6.07, 6.45) is 3.23. The molecule has 27 heavy (non-hydrogen) atoms. The third kappa shape index (κ3) is 6.56. The summed E-state index contributed by atoms with van der Waals surface area (Å²) in [6.45, 7) is 7.82. The Kier molecular flexibility index (Phi) is 7.99. The van der Waals surface area contributed by atoms with Crippen LogP contribution in [0.1, 0.15) is 31.9 Å². The van der Waals surface area contributed by atoms with Gasteiger partial charge in [-0.1, -0.05) is 18.2 Å². The monoisotopic (exact) mass is 372 g/mol. The van der Waals surface area contributed by atoms with Crippen molar-refractivity contribution in [3.05, 3.63) is 36.0 Å². The molecular weight excluding hydrogens is 340 g/mol. The molecule has 6 nitrogen and oxygen atoms in total. The van der Waals surface area contributed by atoms with E-state index in [0.717, 1.165) is 75.9 Å². The minimum Gasteiger partial charge on any atom is -0.381 e. The largest absolute Gasteiger partial charge is 0.381 e. The normalized spacial score (nSPS) is 16.0. The summed E-state index contributed by atoms with van der Waals surface area (Å²) >= 11 is 0. The number of benzene rings is 1. The molecule has 2 heterocycles. The van der Waals surface area contributed by atoms with Crippen molar-refractivity contribution in [3.8, 4) is 0 Å². The van der Waals surface area contributed by atoms with Gasteiger partial charge in [0.2, 0.25) is 0 Å². The van der Waals surface area contributed by atoms with Crippen molar-refractivity contribution in [2.45, 2.75) is 32.7 Å². The highest BCUT2D eigenvalue weighted by molar-refractivity contribution is 5.81.